The Labute approximate surface area is 76.0 Å². The lowest BCUT2D eigenvalue weighted by Gasteiger charge is -2.21. The van der Waals surface area contributed by atoms with E-state index in [2.05, 4.69) is 4.74 Å². The van der Waals surface area contributed by atoms with Gasteiger partial charge in [-0.3, -0.25) is 9.59 Å². The summed E-state index contributed by atoms with van der Waals surface area (Å²) in [5.41, 5.74) is -1.61. The highest BCUT2D eigenvalue weighted by Gasteiger charge is 2.40. The van der Waals surface area contributed by atoms with E-state index in [1.807, 2.05) is 0 Å². The summed E-state index contributed by atoms with van der Waals surface area (Å²) in [6.45, 7) is 2.14. The fourth-order valence-electron chi connectivity index (χ4n) is 0.618. The van der Waals surface area contributed by atoms with Crippen LogP contribution in [0.15, 0.2) is 0 Å². The number of methoxy groups -OCH3 is 1. The van der Waals surface area contributed by atoms with Gasteiger partial charge in [0.05, 0.1) is 0 Å². The van der Waals surface area contributed by atoms with E-state index < -0.39 is 17.4 Å². The maximum atomic E-state index is 11.2. The highest BCUT2D eigenvalue weighted by atomic mass is 16.6. The Morgan fingerprint density at radius 3 is 2.31 bits per heavy atom. The largest absolute Gasteiger partial charge is 0.456 e. The van der Waals surface area contributed by atoms with E-state index in [0.717, 1.165) is 0 Å². The minimum absolute atomic E-state index is 0.370. The first-order valence-corrected chi connectivity index (χ1v) is 3.66. The second kappa shape index (κ2) is 4.71. The Bertz CT molecular complexity index is 223. The second-order valence-electron chi connectivity index (χ2n) is 2.56. The van der Waals surface area contributed by atoms with Gasteiger partial charge in [-0.25, -0.2) is 4.79 Å². The lowest BCUT2D eigenvalue weighted by molar-refractivity contribution is -0.171. The molecule has 0 amide bonds. The number of aldehydes is 1. The summed E-state index contributed by atoms with van der Waals surface area (Å²) >= 11 is 0. The third kappa shape index (κ3) is 2.62. The van der Waals surface area contributed by atoms with Crippen LogP contribution >= 0.6 is 0 Å². The van der Waals surface area contributed by atoms with Gasteiger partial charge in [0.2, 0.25) is 5.60 Å². The van der Waals surface area contributed by atoms with Gasteiger partial charge in [-0.2, -0.15) is 0 Å². The predicted molar refractivity (Wildman–Crippen MR) is 43.1 cm³/mol. The summed E-state index contributed by atoms with van der Waals surface area (Å²) in [5.74, 6) is -1.32. The summed E-state index contributed by atoms with van der Waals surface area (Å²) < 4.78 is 9.17. The minimum atomic E-state index is -1.61. The van der Waals surface area contributed by atoms with Crippen molar-refractivity contribution in [3.05, 3.63) is 0 Å². The average molecular weight is 188 g/mol. The molecule has 0 N–H and O–H groups in total. The average Bonchev–Trinajstić information content (AvgIpc) is 2.12. The van der Waals surface area contributed by atoms with Gasteiger partial charge < -0.3 is 9.47 Å². The zero-order chi connectivity index (χ0) is 10.5. The molecule has 0 spiro atoms. The van der Waals surface area contributed by atoms with Gasteiger partial charge in [-0.1, -0.05) is 0 Å². The fraction of sp³-hybridized carbons (Fsp3) is 0.625. The summed E-state index contributed by atoms with van der Waals surface area (Å²) in [7, 11) is 1.23. The quantitative estimate of drug-likeness (QED) is 0.337. The number of hydrogen-bond donors (Lipinski definition) is 0. The Kier molecular flexibility index (Phi) is 4.27. The SMILES string of the molecule is COC(C)(C(C)=O)C(=O)OCC=O. The molecule has 0 fully saturated rings. The Morgan fingerprint density at radius 2 is 2.00 bits per heavy atom. The molecular weight excluding hydrogens is 176 g/mol. The van der Waals surface area contributed by atoms with Crippen molar-refractivity contribution in [2.45, 2.75) is 19.4 Å². The molecule has 0 radical (unpaired) electrons. The van der Waals surface area contributed by atoms with E-state index in [1.165, 1.54) is 21.0 Å². The predicted octanol–water partition coefficient (Wildman–Crippen LogP) is -0.277. The lowest BCUT2D eigenvalue weighted by Crippen LogP contribution is -2.45. The first kappa shape index (κ1) is 11.8. The Morgan fingerprint density at radius 1 is 1.46 bits per heavy atom. The Hall–Kier alpha value is -1.23. The summed E-state index contributed by atoms with van der Waals surface area (Å²) in [4.78, 5) is 32.0. The summed E-state index contributed by atoms with van der Waals surface area (Å²) in [5, 5.41) is 0. The van der Waals surface area contributed by atoms with Gasteiger partial charge >= 0.3 is 5.97 Å². The zero-order valence-electron chi connectivity index (χ0n) is 7.83. The first-order valence-electron chi connectivity index (χ1n) is 3.66. The number of carbonyl (C=O) groups is 3. The molecule has 0 aromatic heterocycles. The van der Waals surface area contributed by atoms with Crippen molar-refractivity contribution in [3.63, 3.8) is 0 Å². The number of carbonyl (C=O) groups excluding carboxylic acids is 3. The molecular formula is C8H12O5. The zero-order valence-corrected chi connectivity index (χ0v) is 7.83. The monoisotopic (exact) mass is 188 g/mol. The molecule has 0 rings (SSSR count). The molecule has 5 heteroatoms. The molecule has 5 nitrogen and oxygen atoms in total. The maximum absolute atomic E-state index is 11.2. The number of esters is 1. The molecule has 0 aliphatic heterocycles. The molecule has 74 valence electrons. The van der Waals surface area contributed by atoms with Crippen LogP contribution in [0.5, 0.6) is 0 Å². The van der Waals surface area contributed by atoms with E-state index in [9.17, 15) is 14.4 Å². The van der Waals surface area contributed by atoms with Crippen molar-refractivity contribution < 1.29 is 23.9 Å². The fourth-order valence-corrected chi connectivity index (χ4v) is 0.618. The lowest BCUT2D eigenvalue weighted by atomic mass is 10.0. The standard InChI is InChI=1S/C8H12O5/c1-6(10)8(2,12-3)7(11)13-5-4-9/h4H,5H2,1-3H3. The van der Waals surface area contributed by atoms with Crippen molar-refractivity contribution in [2.75, 3.05) is 13.7 Å². The van der Waals surface area contributed by atoms with Crippen LogP contribution in [0.3, 0.4) is 0 Å². The van der Waals surface area contributed by atoms with Crippen LogP contribution in [-0.2, 0) is 23.9 Å². The smallest absolute Gasteiger partial charge is 0.346 e. The number of Topliss-reactive ketones (excluding diaryl/α,β-unsaturated/α-hetero) is 1. The van der Waals surface area contributed by atoms with Crippen LogP contribution in [0.1, 0.15) is 13.8 Å². The molecule has 0 heterocycles. The number of hydrogen-bond acceptors (Lipinski definition) is 5. The normalized spacial score (nSPS) is 14.4. The molecule has 1 unspecified atom stereocenters. The second-order valence-corrected chi connectivity index (χ2v) is 2.56. The van der Waals surface area contributed by atoms with Crippen molar-refractivity contribution in [1.29, 1.82) is 0 Å². The molecule has 0 aromatic rings. The van der Waals surface area contributed by atoms with Crippen LogP contribution in [0.25, 0.3) is 0 Å². The topological polar surface area (TPSA) is 69.7 Å². The van der Waals surface area contributed by atoms with E-state index in [1.54, 1.807) is 0 Å². The van der Waals surface area contributed by atoms with Gasteiger partial charge in [-0.15, -0.1) is 0 Å². The third-order valence-corrected chi connectivity index (χ3v) is 1.75. The molecule has 1 atom stereocenters. The van der Waals surface area contributed by atoms with Crippen LogP contribution in [-0.4, -0.2) is 37.4 Å². The van der Waals surface area contributed by atoms with Crippen LogP contribution in [0.4, 0.5) is 0 Å². The maximum Gasteiger partial charge on any atom is 0.346 e. The van der Waals surface area contributed by atoms with Gasteiger partial charge in [-0.05, 0) is 13.8 Å². The molecule has 0 aliphatic carbocycles. The van der Waals surface area contributed by atoms with E-state index in [4.69, 9.17) is 4.74 Å². The highest BCUT2D eigenvalue weighted by molar-refractivity contribution is 6.05. The third-order valence-electron chi connectivity index (χ3n) is 1.75. The number of ether oxygens (including phenoxy) is 2. The molecule has 0 saturated carbocycles. The van der Waals surface area contributed by atoms with E-state index >= 15 is 0 Å². The van der Waals surface area contributed by atoms with Crippen molar-refractivity contribution >= 4 is 18.0 Å². The summed E-state index contributed by atoms with van der Waals surface area (Å²) in [6.07, 6.45) is 0.425. The van der Waals surface area contributed by atoms with Gasteiger partial charge in [0, 0.05) is 7.11 Å². The number of ketones is 1. The first-order chi connectivity index (χ1) is 5.99. The van der Waals surface area contributed by atoms with Crippen LogP contribution in [0, 0.1) is 0 Å². The van der Waals surface area contributed by atoms with Gasteiger partial charge in [0.1, 0.15) is 6.61 Å². The minimum Gasteiger partial charge on any atom is -0.456 e. The van der Waals surface area contributed by atoms with Crippen molar-refractivity contribution in [3.8, 4) is 0 Å². The van der Waals surface area contributed by atoms with Gasteiger partial charge in [0.15, 0.2) is 12.1 Å². The number of rotatable bonds is 5. The molecule has 0 aromatic carbocycles. The Balaban J connectivity index is 4.47. The van der Waals surface area contributed by atoms with Crippen LogP contribution in [0.2, 0.25) is 0 Å². The summed E-state index contributed by atoms with van der Waals surface area (Å²) in [6, 6.07) is 0. The van der Waals surface area contributed by atoms with Crippen molar-refractivity contribution in [2.24, 2.45) is 0 Å². The molecule has 13 heavy (non-hydrogen) atoms. The highest BCUT2D eigenvalue weighted by Crippen LogP contribution is 2.12. The van der Waals surface area contributed by atoms with E-state index in [-0.39, 0.29) is 6.61 Å². The van der Waals surface area contributed by atoms with Crippen LogP contribution < -0.4 is 0 Å². The molecule has 0 bridgehead atoms. The van der Waals surface area contributed by atoms with Gasteiger partial charge in [0.25, 0.3) is 0 Å². The molecule has 0 saturated heterocycles. The molecule has 0 aliphatic rings. The van der Waals surface area contributed by atoms with Crippen molar-refractivity contribution in [1.82, 2.24) is 0 Å². The van der Waals surface area contributed by atoms with E-state index in [0.29, 0.717) is 6.29 Å².